The average Bonchev–Trinajstić information content (AvgIpc) is 3.21. The van der Waals surface area contributed by atoms with Crippen molar-refractivity contribution in [1.29, 1.82) is 0 Å². The van der Waals surface area contributed by atoms with E-state index in [2.05, 4.69) is 44.9 Å². The second-order valence-corrected chi connectivity index (χ2v) is 6.75. The number of carbonyl (C=O) groups excluding carboxylic acids is 1. The van der Waals surface area contributed by atoms with E-state index in [1.807, 2.05) is 30.3 Å². The van der Waals surface area contributed by atoms with Crippen molar-refractivity contribution in [2.75, 3.05) is 5.32 Å². The van der Waals surface area contributed by atoms with Crippen molar-refractivity contribution in [3.8, 4) is 0 Å². The van der Waals surface area contributed by atoms with Gasteiger partial charge in [-0.05, 0) is 21.9 Å². The normalized spacial score (nSPS) is 12.3. The number of nitrogens with one attached hydrogen (secondary N) is 1. The maximum atomic E-state index is 12.8. The topological polar surface area (TPSA) is 98.5 Å². The third-order valence-electron chi connectivity index (χ3n) is 3.27. The number of hydrogen-bond acceptors (Lipinski definition) is 7. The number of aromatic nitrogens is 6. The number of carbonyl (C=O) groups is 1. The molecule has 1 amide bonds. The Morgan fingerprint density at radius 1 is 1.25 bits per heavy atom. The van der Waals surface area contributed by atoms with E-state index in [9.17, 15) is 4.79 Å². The van der Waals surface area contributed by atoms with Gasteiger partial charge in [-0.2, -0.15) is 0 Å². The Kier molecular flexibility index (Phi) is 4.90. The van der Waals surface area contributed by atoms with Crippen molar-refractivity contribution in [3.05, 3.63) is 47.2 Å². The van der Waals surface area contributed by atoms with Crippen LogP contribution in [-0.2, 0) is 11.2 Å². The van der Waals surface area contributed by atoms with E-state index >= 15 is 0 Å². The first-order valence-corrected chi connectivity index (χ1v) is 8.36. The highest BCUT2D eigenvalue weighted by atomic mass is 32.1. The van der Waals surface area contributed by atoms with Crippen LogP contribution in [0.5, 0.6) is 0 Å². The Morgan fingerprint density at radius 2 is 2.04 bits per heavy atom. The highest BCUT2D eigenvalue weighted by molar-refractivity contribution is 7.15. The molecule has 0 saturated carbocycles. The molecule has 0 aliphatic rings. The summed E-state index contributed by atoms with van der Waals surface area (Å²) >= 11 is 1.38. The molecule has 0 radical (unpaired) electrons. The number of anilines is 1. The Morgan fingerprint density at radius 3 is 2.71 bits per heavy atom. The molecule has 124 valence electrons. The van der Waals surface area contributed by atoms with E-state index < -0.39 is 6.04 Å². The van der Waals surface area contributed by atoms with E-state index in [0.29, 0.717) is 11.0 Å². The largest absolute Gasteiger partial charge is 0.298 e. The molecular weight excluding hydrogens is 326 g/mol. The SMILES string of the molecule is CC(C)Cc1nnc(NC(=O)[C@H](c2ccccc2)n2cnnn2)s1. The summed E-state index contributed by atoms with van der Waals surface area (Å²) in [6.45, 7) is 4.23. The lowest BCUT2D eigenvalue weighted by atomic mass is 10.1. The molecule has 8 nitrogen and oxygen atoms in total. The number of hydrogen-bond donors (Lipinski definition) is 1. The van der Waals surface area contributed by atoms with Crippen LogP contribution in [0.25, 0.3) is 0 Å². The van der Waals surface area contributed by atoms with Gasteiger partial charge in [0.15, 0.2) is 6.04 Å². The van der Waals surface area contributed by atoms with E-state index in [0.717, 1.165) is 17.0 Å². The maximum absolute atomic E-state index is 12.8. The summed E-state index contributed by atoms with van der Waals surface area (Å²) < 4.78 is 1.42. The van der Waals surface area contributed by atoms with E-state index in [1.165, 1.54) is 22.3 Å². The van der Waals surface area contributed by atoms with Crippen molar-refractivity contribution >= 4 is 22.4 Å². The second-order valence-electron chi connectivity index (χ2n) is 5.69. The molecule has 0 spiro atoms. The maximum Gasteiger partial charge on any atom is 0.255 e. The van der Waals surface area contributed by atoms with E-state index in [4.69, 9.17) is 0 Å². The summed E-state index contributed by atoms with van der Waals surface area (Å²) in [4.78, 5) is 12.8. The number of tetrazole rings is 1. The lowest BCUT2D eigenvalue weighted by Crippen LogP contribution is -2.27. The first-order valence-electron chi connectivity index (χ1n) is 7.54. The molecule has 1 N–H and O–H groups in total. The minimum atomic E-state index is -0.668. The van der Waals surface area contributed by atoms with Crippen LogP contribution in [0, 0.1) is 5.92 Å². The van der Waals surface area contributed by atoms with Crippen LogP contribution in [0.4, 0.5) is 5.13 Å². The molecule has 0 aliphatic carbocycles. The predicted octanol–water partition coefficient (Wildman–Crippen LogP) is 1.95. The minimum absolute atomic E-state index is 0.263. The van der Waals surface area contributed by atoms with Crippen LogP contribution in [0.2, 0.25) is 0 Å². The van der Waals surface area contributed by atoms with Gasteiger partial charge in [0.05, 0.1) is 0 Å². The lowest BCUT2D eigenvalue weighted by Gasteiger charge is -2.15. The quantitative estimate of drug-likeness (QED) is 0.734. The zero-order valence-corrected chi connectivity index (χ0v) is 14.1. The van der Waals surface area contributed by atoms with E-state index in [-0.39, 0.29) is 5.91 Å². The molecule has 9 heteroatoms. The van der Waals surface area contributed by atoms with E-state index in [1.54, 1.807) is 0 Å². The molecule has 0 fully saturated rings. The van der Waals surface area contributed by atoms with Crippen molar-refractivity contribution < 1.29 is 4.79 Å². The molecule has 0 unspecified atom stereocenters. The second kappa shape index (κ2) is 7.26. The summed E-state index contributed by atoms with van der Waals surface area (Å²) in [5.41, 5.74) is 0.786. The van der Waals surface area contributed by atoms with Gasteiger partial charge >= 0.3 is 0 Å². The van der Waals surface area contributed by atoms with Gasteiger partial charge in [0.2, 0.25) is 5.13 Å². The van der Waals surface area contributed by atoms with Gasteiger partial charge in [-0.1, -0.05) is 55.5 Å². The van der Waals surface area contributed by atoms with Gasteiger partial charge in [0, 0.05) is 6.42 Å². The van der Waals surface area contributed by atoms with Crippen LogP contribution in [0.1, 0.15) is 30.5 Å². The standard InChI is InChI=1S/C15H17N7OS/c1-10(2)8-12-18-19-15(24-12)17-14(23)13(22-9-16-20-21-22)11-6-4-3-5-7-11/h3-7,9-10,13H,8H2,1-2H3,(H,17,19,23)/t13-/m0/s1. The van der Waals surface area contributed by atoms with Crippen molar-refractivity contribution in [3.63, 3.8) is 0 Å². The zero-order chi connectivity index (χ0) is 16.9. The Balaban J connectivity index is 1.81. The molecule has 1 aromatic carbocycles. The summed E-state index contributed by atoms with van der Waals surface area (Å²) in [7, 11) is 0. The number of amides is 1. The van der Waals surface area contributed by atoms with Crippen LogP contribution in [0.3, 0.4) is 0 Å². The van der Waals surface area contributed by atoms with Crippen LogP contribution >= 0.6 is 11.3 Å². The molecule has 3 aromatic rings. The van der Waals surface area contributed by atoms with Gasteiger partial charge < -0.3 is 0 Å². The molecule has 0 aliphatic heterocycles. The fourth-order valence-electron chi connectivity index (χ4n) is 2.26. The summed E-state index contributed by atoms with van der Waals surface area (Å²) in [6, 6.07) is 8.67. The van der Waals surface area contributed by atoms with Gasteiger partial charge in [-0.25, -0.2) is 4.68 Å². The molecule has 3 rings (SSSR count). The highest BCUT2D eigenvalue weighted by Crippen LogP contribution is 2.22. The smallest absolute Gasteiger partial charge is 0.255 e. The van der Waals surface area contributed by atoms with Crippen LogP contribution < -0.4 is 5.32 Å². The fourth-order valence-corrected chi connectivity index (χ4v) is 3.21. The van der Waals surface area contributed by atoms with Crippen LogP contribution in [-0.4, -0.2) is 36.3 Å². The molecule has 0 bridgehead atoms. The number of nitrogens with zero attached hydrogens (tertiary/aromatic N) is 6. The first kappa shape index (κ1) is 16.2. The average molecular weight is 343 g/mol. The number of rotatable bonds is 6. The van der Waals surface area contributed by atoms with Gasteiger partial charge in [-0.15, -0.1) is 15.3 Å². The first-order chi connectivity index (χ1) is 11.6. The monoisotopic (exact) mass is 343 g/mol. The van der Waals surface area contributed by atoms with Gasteiger partial charge in [0.1, 0.15) is 11.3 Å². The van der Waals surface area contributed by atoms with Crippen molar-refractivity contribution in [1.82, 2.24) is 30.4 Å². The third kappa shape index (κ3) is 3.80. The molecule has 24 heavy (non-hydrogen) atoms. The zero-order valence-electron chi connectivity index (χ0n) is 13.3. The Bertz CT molecular complexity index is 785. The van der Waals surface area contributed by atoms with Gasteiger partial charge in [-0.3, -0.25) is 10.1 Å². The molecule has 1 atom stereocenters. The Labute approximate surface area is 142 Å². The highest BCUT2D eigenvalue weighted by Gasteiger charge is 2.25. The summed E-state index contributed by atoms with van der Waals surface area (Å²) in [5.74, 6) is 0.223. The predicted molar refractivity (Wildman–Crippen MR) is 89.5 cm³/mol. The summed E-state index contributed by atoms with van der Waals surface area (Å²) in [5, 5.41) is 23.4. The minimum Gasteiger partial charge on any atom is -0.298 e. The molecule has 0 saturated heterocycles. The summed E-state index contributed by atoms with van der Waals surface area (Å²) in [6.07, 6.45) is 2.25. The molecule has 2 heterocycles. The molecule has 2 aromatic heterocycles. The number of benzene rings is 1. The third-order valence-corrected chi connectivity index (χ3v) is 4.13. The Hall–Kier alpha value is -2.68. The van der Waals surface area contributed by atoms with Crippen LogP contribution in [0.15, 0.2) is 36.7 Å². The molecular formula is C15H17N7OS. The van der Waals surface area contributed by atoms with Gasteiger partial charge in [0.25, 0.3) is 5.91 Å². The van der Waals surface area contributed by atoms with Crippen molar-refractivity contribution in [2.45, 2.75) is 26.3 Å². The lowest BCUT2D eigenvalue weighted by molar-refractivity contribution is -0.118. The fraction of sp³-hybridized carbons (Fsp3) is 0.333. The van der Waals surface area contributed by atoms with Crippen molar-refractivity contribution in [2.24, 2.45) is 5.92 Å².